The molecule has 0 aliphatic carbocycles. The van der Waals surface area contributed by atoms with Gasteiger partial charge in [-0.2, -0.15) is 0 Å². The second-order valence-electron chi connectivity index (χ2n) is 8.05. The first-order chi connectivity index (χ1) is 15.6. The van der Waals surface area contributed by atoms with Crippen LogP contribution in [0, 0.1) is 6.92 Å². The number of hydrogen-bond acceptors (Lipinski definition) is 6. The Kier molecular flexibility index (Phi) is 5.22. The van der Waals surface area contributed by atoms with Crippen LogP contribution in [0.5, 0.6) is 0 Å². The van der Waals surface area contributed by atoms with E-state index in [2.05, 4.69) is 25.3 Å². The van der Waals surface area contributed by atoms with Crippen molar-refractivity contribution < 1.29 is 9.59 Å². The van der Waals surface area contributed by atoms with Gasteiger partial charge in [0.15, 0.2) is 0 Å². The number of amidine groups is 1. The summed E-state index contributed by atoms with van der Waals surface area (Å²) in [5.74, 6) is 0.630. The molecule has 2 aliphatic rings. The van der Waals surface area contributed by atoms with Crippen molar-refractivity contribution in [3.8, 4) is 0 Å². The number of aliphatic imine (C=N–C) groups is 1. The summed E-state index contributed by atoms with van der Waals surface area (Å²) in [5, 5.41) is 1.40. The van der Waals surface area contributed by atoms with Crippen LogP contribution in [0.4, 0.5) is 11.6 Å². The van der Waals surface area contributed by atoms with Gasteiger partial charge in [0, 0.05) is 26.2 Å². The maximum absolute atomic E-state index is 13.2. The van der Waals surface area contributed by atoms with Crippen LogP contribution in [0.2, 0.25) is 0 Å². The summed E-state index contributed by atoms with van der Waals surface area (Å²) in [5.41, 5.74) is 6.65. The molecule has 3 aromatic rings. The van der Waals surface area contributed by atoms with Crippen molar-refractivity contribution in [2.24, 2.45) is 4.99 Å². The number of hydrogen-bond donors (Lipinski definition) is 2. The highest BCUT2D eigenvalue weighted by molar-refractivity contribution is 6.39. The summed E-state index contributed by atoms with van der Waals surface area (Å²) in [4.78, 5) is 41.8. The molecule has 2 amide bonds. The maximum Gasteiger partial charge on any atom is 0.290 e. The van der Waals surface area contributed by atoms with Crippen LogP contribution in [-0.2, 0) is 9.59 Å². The molecule has 2 aromatic carbocycles. The fourth-order valence-electron chi connectivity index (χ4n) is 4.01. The molecule has 164 valence electrons. The third-order valence-corrected chi connectivity index (χ3v) is 5.79. The lowest BCUT2D eigenvalue weighted by atomic mass is 10.2. The topological polar surface area (TPSA) is 96.9 Å². The minimum absolute atomic E-state index is 0.0547. The average Bonchev–Trinajstić information content (AvgIpc) is 3.09. The SMILES string of the molecule is Cc1ccc(N2NC(C(=O)N3CCCN(c4nc5ccccc5[nH]4)CC3)=NCC2=O)cc1. The lowest BCUT2D eigenvalue weighted by molar-refractivity contribution is -0.124. The van der Waals surface area contributed by atoms with Gasteiger partial charge in [-0.25, -0.2) is 9.99 Å². The van der Waals surface area contributed by atoms with E-state index in [0.29, 0.717) is 25.3 Å². The number of anilines is 2. The third kappa shape index (κ3) is 3.89. The standard InChI is InChI=1S/C23H25N7O2/c1-16-7-9-17(10-8-16)30-20(31)15-24-21(27-30)22(32)28-11-4-12-29(14-13-28)23-25-18-5-2-3-6-19(18)26-23/h2-3,5-10H,4,11-15H2,1H3,(H,24,27)(H,25,26). The lowest BCUT2D eigenvalue weighted by Gasteiger charge is -2.30. The second-order valence-corrected chi connectivity index (χ2v) is 8.05. The lowest BCUT2D eigenvalue weighted by Crippen LogP contribution is -2.56. The number of nitrogens with zero attached hydrogens (tertiary/aromatic N) is 5. The number of carbonyl (C=O) groups excluding carboxylic acids is 2. The predicted octanol–water partition coefficient (Wildman–Crippen LogP) is 1.86. The maximum atomic E-state index is 13.2. The van der Waals surface area contributed by atoms with Crippen LogP contribution in [0.3, 0.4) is 0 Å². The molecule has 0 bridgehead atoms. The Hall–Kier alpha value is -3.88. The third-order valence-electron chi connectivity index (χ3n) is 5.79. The van der Waals surface area contributed by atoms with E-state index in [1.165, 1.54) is 5.01 Å². The Bertz CT molecular complexity index is 1150. The molecule has 0 saturated carbocycles. The first kappa shape index (κ1) is 20.0. The molecular formula is C23H25N7O2. The Balaban J connectivity index is 1.27. The van der Waals surface area contributed by atoms with E-state index < -0.39 is 0 Å². The fourth-order valence-corrected chi connectivity index (χ4v) is 4.01. The predicted molar refractivity (Wildman–Crippen MR) is 124 cm³/mol. The van der Waals surface area contributed by atoms with Crippen molar-refractivity contribution in [2.45, 2.75) is 13.3 Å². The van der Waals surface area contributed by atoms with E-state index in [1.54, 1.807) is 4.90 Å². The molecule has 32 heavy (non-hydrogen) atoms. The summed E-state index contributed by atoms with van der Waals surface area (Å²) >= 11 is 0. The van der Waals surface area contributed by atoms with E-state index in [0.717, 1.165) is 35.5 Å². The largest absolute Gasteiger partial charge is 0.341 e. The van der Waals surface area contributed by atoms with Crippen LogP contribution in [-0.4, -0.2) is 65.2 Å². The van der Waals surface area contributed by atoms with Crippen molar-refractivity contribution in [3.63, 3.8) is 0 Å². The number of H-pyrrole nitrogens is 1. The van der Waals surface area contributed by atoms with Gasteiger partial charge < -0.3 is 14.8 Å². The number of fused-ring (bicyclic) bond motifs is 1. The normalized spacial score (nSPS) is 17.2. The molecule has 0 unspecified atom stereocenters. The fraction of sp³-hybridized carbons (Fsp3) is 0.304. The molecule has 1 saturated heterocycles. The second kappa shape index (κ2) is 8.33. The van der Waals surface area contributed by atoms with Crippen LogP contribution in [0.25, 0.3) is 11.0 Å². The molecule has 3 heterocycles. The number of rotatable bonds is 3. The van der Waals surface area contributed by atoms with Crippen LogP contribution >= 0.6 is 0 Å². The zero-order chi connectivity index (χ0) is 22.1. The molecule has 5 rings (SSSR count). The van der Waals surface area contributed by atoms with E-state index in [1.807, 2.05) is 55.5 Å². The quantitative estimate of drug-likeness (QED) is 0.660. The summed E-state index contributed by atoms with van der Waals surface area (Å²) < 4.78 is 0. The number of para-hydroxylation sites is 2. The minimum atomic E-state index is -0.197. The Morgan fingerprint density at radius 3 is 2.62 bits per heavy atom. The monoisotopic (exact) mass is 431 g/mol. The van der Waals surface area contributed by atoms with Gasteiger partial charge in [-0.15, -0.1) is 0 Å². The highest BCUT2D eigenvalue weighted by atomic mass is 16.2. The van der Waals surface area contributed by atoms with Crippen molar-refractivity contribution in [2.75, 3.05) is 42.6 Å². The molecule has 0 atom stereocenters. The van der Waals surface area contributed by atoms with Crippen LogP contribution in [0.1, 0.15) is 12.0 Å². The molecule has 1 fully saturated rings. The molecule has 2 N–H and O–H groups in total. The molecule has 2 aliphatic heterocycles. The van der Waals surface area contributed by atoms with Crippen molar-refractivity contribution in [1.29, 1.82) is 0 Å². The summed E-state index contributed by atoms with van der Waals surface area (Å²) in [6.07, 6.45) is 0.816. The van der Waals surface area contributed by atoms with Gasteiger partial charge in [-0.05, 0) is 37.6 Å². The Morgan fingerprint density at radius 2 is 1.81 bits per heavy atom. The van der Waals surface area contributed by atoms with Gasteiger partial charge in [0.05, 0.1) is 16.7 Å². The van der Waals surface area contributed by atoms with E-state index in [9.17, 15) is 9.59 Å². The van der Waals surface area contributed by atoms with Crippen LogP contribution < -0.4 is 15.3 Å². The number of amides is 2. The summed E-state index contributed by atoms with van der Waals surface area (Å²) in [6, 6.07) is 15.5. The van der Waals surface area contributed by atoms with E-state index in [-0.39, 0.29) is 24.2 Å². The van der Waals surface area contributed by atoms with Crippen molar-refractivity contribution in [1.82, 2.24) is 20.3 Å². The van der Waals surface area contributed by atoms with Gasteiger partial charge >= 0.3 is 0 Å². The van der Waals surface area contributed by atoms with Gasteiger partial charge in [0.1, 0.15) is 6.54 Å². The Labute approximate surface area is 185 Å². The zero-order valence-corrected chi connectivity index (χ0v) is 17.9. The molecule has 0 radical (unpaired) electrons. The smallest absolute Gasteiger partial charge is 0.290 e. The number of aryl methyl sites for hydroxylation is 1. The molecule has 9 nitrogen and oxygen atoms in total. The highest BCUT2D eigenvalue weighted by Gasteiger charge is 2.29. The van der Waals surface area contributed by atoms with Gasteiger partial charge in [0.2, 0.25) is 11.8 Å². The molecule has 0 spiro atoms. The number of aromatic nitrogens is 2. The molecule has 1 aromatic heterocycles. The number of nitrogens with one attached hydrogen (secondary N) is 2. The van der Waals surface area contributed by atoms with Crippen molar-refractivity contribution in [3.05, 3.63) is 54.1 Å². The molecule has 9 heteroatoms. The van der Waals surface area contributed by atoms with E-state index in [4.69, 9.17) is 0 Å². The number of aromatic amines is 1. The number of carbonyl (C=O) groups is 2. The first-order valence-electron chi connectivity index (χ1n) is 10.8. The summed E-state index contributed by atoms with van der Waals surface area (Å²) in [7, 11) is 0. The first-order valence-corrected chi connectivity index (χ1v) is 10.8. The van der Waals surface area contributed by atoms with E-state index >= 15 is 0 Å². The number of hydrazine groups is 1. The highest BCUT2D eigenvalue weighted by Crippen LogP contribution is 2.19. The van der Waals surface area contributed by atoms with Gasteiger partial charge in [-0.3, -0.25) is 20.0 Å². The number of imidazole rings is 1. The minimum Gasteiger partial charge on any atom is -0.341 e. The van der Waals surface area contributed by atoms with Gasteiger partial charge in [-0.1, -0.05) is 29.8 Å². The van der Waals surface area contributed by atoms with Crippen molar-refractivity contribution >= 4 is 40.3 Å². The number of benzene rings is 2. The Morgan fingerprint density at radius 1 is 1.00 bits per heavy atom. The zero-order valence-electron chi connectivity index (χ0n) is 17.9. The van der Waals surface area contributed by atoms with Crippen LogP contribution in [0.15, 0.2) is 53.5 Å². The average molecular weight is 432 g/mol. The van der Waals surface area contributed by atoms with Gasteiger partial charge in [0.25, 0.3) is 11.8 Å². The molecular weight excluding hydrogens is 406 g/mol. The summed E-state index contributed by atoms with van der Waals surface area (Å²) in [6.45, 7) is 4.57.